The molecule has 1 rings (SSSR count). The molecule has 0 bridgehead atoms. The van der Waals surface area contributed by atoms with Gasteiger partial charge < -0.3 is 11.1 Å². The molecule has 0 spiro atoms. The van der Waals surface area contributed by atoms with E-state index in [0.29, 0.717) is 6.54 Å². The molecule has 1 aromatic rings. The third-order valence-electron chi connectivity index (χ3n) is 1.87. The molecule has 3 nitrogen and oxygen atoms in total. The van der Waals surface area contributed by atoms with E-state index in [-0.39, 0.29) is 11.6 Å². The van der Waals surface area contributed by atoms with Crippen molar-refractivity contribution in [2.75, 3.05) is 0 Å². The number of nitrogens with two attached hydrogens (primary N) is 1. The average Bonchev–Trinajstić information content (AvgIpc) is 2.26. The molecule has 3 heteroatoms. The molecule has 0 aliphatic rings. The van der Waals surface area contributed by atoms with E-state index in [2.05, 4.69) is 5.32 Å². The zero-order valence-corrected chi connectivity index (χ0v) is 8.16. The smallest absolute Gasteiger partial charge is 0.267 e. The number of carbonyl (C=O) groups is 1. The summed E-state index contributed by atoms with van der Waals surface area (Å²) in [6.45, 7) is 2.24. The third-order valence-corrected chi connectivity index (χ3v) is 1.87. The Labute approximate surface area is 83.6 Å². The summed E-state index contributed by atoms with van der Waals surface area (Å²) in [5.74, 6) is -0.226. The summed E-state index contributed by atoms with van der Waals surface area (Å²) in [6.07, 6.45) is 1.58. The van der Waals surface area contributed by atoms with Gasteiger partial charge in [0.1, 0.15) is 0 Å². The van der Waals surface area contributed by atoms with Gasteiger partial charge >= 0.3 is 0 Å². The first-order valence-electron chi connectivity index (χ1n) is 4.48. The van der Waals surface area contributed by atoms with Crippen LogP contribution in [0.5, 0.6) is 0 Å². The largest absolute Gasteiger partial charge is 0.395 e. The topological polar surface area (TPSA) is 55.1 Å². The van der Waals surface area contributed by atoms with Crippen molar-refractivity contribution in [1.29, 1.82) is 0 Å². The van der Waals surface area contributed by atoms with Crippen molar-refractivity contribution in [3.63, 3.8) is 0 Å². The molecule has 0 unspecified atom stereocenters. The van der Waals surface area contributed by atoms with E-state index in [4.69, 9.17) is 5.73 Å². The normalized spacial score (nSPS) is 11.1. The molecule has 74 valence electrons. The van der Waals surface area contributed by atoms with Crippen molar-refractivity contribution < 1.29 is 4.79 Å². The van der Waals surface area contributed by atoms with Crippen LogP contribution in [-0.2, 0) is 11.3 Å². The Morgan fingerprint density at radius 1 is 1.43 bits per heavy atom. The first-order chi connectivity index (χ1) is 6.74. The Morgan fingerprint density at radius 3 is 2.64 bits per heavy atom. The zero-order chi connectivity index (χ0) is 10.4. The number of nitrogens with one attached hydrogen (secondary N) is 1. The molecular weight excluding hydrogens is 176 g/mol. The predicted octanol–water partition coefficient (Wildman–Crippen LogP) is 1.17. The van der Waals surface area contributed by atoms with Crippen LogP contribution in [0.25, 0.3) is 0 Å². The molecule has 1 amide bonds. The number of allylic oxidation sites excluding steroid dienone is 1. The fourth-order valence-corrected chi connectivity index (χ4v) is 1.01. The van der Waals surface area contributed by atoms with Crippen molar-refractivity contribution in [2.45, 2.75) is 13.5 Å². The summed E-state index contributed by atoms with van der Waals surface area (Å²) in [6, 6.07) is 9.70. The minimum absolute atomic E-state index is 0.226. The summed E-state index contributed by atoms with van der Waals surface area (Å²) in [5, 5.41) is 2.72. The molecular formula is C11H14N2O. The lowest BCUT2D eigenvalue weighted by atomic mass is 10.2. The zero-order valence-electron chi connectivity index (χ0n) is 8.16. The number of amides is 1. The lowest BCUT2D eigenvalue weighted by molar-refractivity contribution is -0.117. The van der Waals surface area contributed by atoms with E-state index >= 15 is 0 Å². The highest BCUT2D eigenvalue weighted by molar-refractivity contribution is 5.92. The van der Waals surface area contributed by atoms with Gasteiger partial charge in [-0.3, -0.25) is 4.79 Å². The number of carbonyl (C=O) groups excluding carboxylic acids is 1. The quantitative estimate of drug-likeness (QED) is 0.703. The Morgan fingerprint density at radius 2 is 2.07 bits per heavy atom. The average molecular weight is 190 g/mol. The van der Waals surface area contributed by atoms with Gasteiger partial charge in [-0.15, -0.1) is 0 Å². The molecule has 0 fully saturated rings. The number of hydrogen-bond donors (Lipinski definition) is 2. The van der Waals surface area contributed by atoms with Gasteiger partial charge in [-0.1, -0.05) is 36.4 Å². The van der Waals surface area contributed by atoms with Crippen LogP contribution in [0, 0.1) is 0 Å². The Balaban J connectivity index is 2.46. The van der Waals surface area contributed by atoms with Crippen molar-refractivity contribution in [3.8, 4) is 0 Å². The van der Waals surface area contributed by atoms with E-state index in [9.17, 15) is 4.79 Å². The number of benzene rings is 1. The van der Waals surface area contributed by atoms with E-state index in [1.165, 1.54) is 0 Å². The minimum atomic E-state index is -0.226. The standard InChI is InChI=1S/C11H14N2O/c1-2-10(12)11(14)13-8-9-6-4-3-5-7-9/h2-7H,8,12H2,1H3,(H,13,14)/b10-2-. The Hall–Kier alpha value is -1.77. The molecule has 0 saturated heterocycles. The first-order valence-corrected chi connectivity index (χ1v) is 4.48. The first kappa shape index (κ1) is 10.3. The lowest BCUT2D eigenvalue weighted by Gasteiger charge is -2.04. The maximum Gasteiger partial charge on any atom is 0.267 e. The molecule has 14 heavy (non-hydrogen) atoms. The monoisotopic (exact) mass is 190 g/mol. The van der Waals surface area contributed by atoms with E-state index in [1.54, 1.807) is 13.0 Å². The highest BCUT2D eigenvalue weighted by Crippen LogP contribution is 1.97. The lowest BCUT2D eigenvalue weighted by Crippen LogP contribution is -2.27. The Kier molecular flexibility index (Phi) is 3.73. The second-order valence-corrected chi connectivity index (χ2v) is 2.91. The maximum absolute atomic E-state index is 11.2. The van der Waals surface area contributed by atoms with Crippen molar-refractivity contribution in [3.05, 3.63) is 47.7 Å². The van der Waals surface area contributed by atoms with Crippen LogP contribution >= 0.6 is 0 Å². The maximum atomic E-state index is 11.2. The summed E-state index contributed by atoms with van der Waals surface area (Å²) in [4.78, 5) is 11.2. The van der Waals surface area contributed by atoms with Gasteiger partial charge in [0.2, 0.25) is 0 Å². The van der Waals surface area contributed by atoms with Gasteiger partial charge in [0.15, 0.2) is 0 Å². The summed E-state index contributed by atoms with van der Waals surface area (Å²) in [5.41, 5.74) is 6.74. The van der Waals surface area contributed by atoms with Crippen LogP contribution in [0.15, 0.2) is 42.1 Å². The summed E-state index contributed by atoms with van der Waals surface area (Å²) in [7, 11) is 0. The van der Waals surface area contributed by atoms with Gasteiger partial charge in [0.05, 0.1) is 5.70 Å². The molecule has 0 heterocycles. The fraction of sp³-hybridized carbons (Fsp3) is 0.182. The SMILES string of the molecule is C/C=C(\N)C(=O)NCc1ccccc1. The van der Waals surface area contributed by atoms with Crippen molar-refractivity contribution in [2.24, 2.45) is 5.73 Å². The Bertz CT molecular complexity index is 330. The van der Waals surface area contributed by atoms with Gasteiger partial charge in [-0.25, -0.2) is 0 Å². The van der Waals surface area contributed by atoms with E-state index < -0.39 is 0 Å². The van der Waals surface area contributed by atoms with Crippen molar-refractivity contribution in [1.82, 2.24) is 5.32 Å². The van der Waals surface area contributed by atoms with Crippen LogP contribution < -0.4 is 11.1 Å². The molecule has 0 aromatic heterocycles. The van der Waals surface area contributed by atoms with Crippen LogP contribution in [0.1, 0.15) is 12.5 Å². The summed E-state index contributed by atoms with van der Waals surface area (Å²) < 4.78 is 0. The second-order valence-electron chi connectivity index (χ2n) is 2.91. The molecule has 0 radical (unpaired) electrons. The molecule has 0 atom stereocenters. The second kappa shape index (κ2) is 5.07. The van der Waals surface area contributed by atoms with Gasteiger partial charge in [-0.2, -0.15) is 0 Å². The molecule has 0 aliphatic heterocycles. The van der Waals surface area contributed by atoms with Crippen LogP contribution in [0.2, 0.25) is 0 Å². The predicted molar refractivity (Wildman–Crippen MR) is 56.2 cm³/mol. The van der Waals surface area contributed by atoms with Crippen LogP contribution in [-0.4, -0.2) is 5.91 Å². The molecule has 3 N–H and O–H groups in total. The minimum Gasteiger partial charge on any atom is -0.395 e. The molecule has 0 saturated carbocycles. The van der Waals surface area contributed by atoms with Crippen LogP contribution in [0.4, 0.5) is 0 Å². The molecule has 0 aliphatic carbocycles. The van der Waals surface area contributed by atoms with Gasteiger partial charge in [-0.05, 0) is 12.5 Å². The highest BCUT2D eigenvalue weighted by atomic mass is 16.1. The van der Waals surface area contributed by atoms with E-state index in [1.807, 2.05) is 30.3 Å². The fourth-order valence-electron chi connectivity index (χ4n) is 1.01. The van der Waals surface area contributed by atoms with Gasteiger partial charge in [0, 0.05) is 6.54 Å². The van der Waals surface area contributed by atoms with Crippen molar-refractivity contribution >= 4 is 5.91 Å². The third kappa shape index (κ3) is 2.94. The van der Waals surface area contributed by atoms with E-state index in [0.717, 1.165) is 5.56 Å². The number of hydrogen-bond acceptors (Lipinski definition) is 2. The van der Waals surface area contributed by atoms with Gasteiger partial charge in [0.25, 0.3) is 5.91 Å². The molecule has 1 aromatic carbocycles. The highest BCUT2D eigenvalue weighted by Gasteiger charge is 2.02. The number of rotatable bonds is 3. The van der Waals surface area contributed by atoms with Crippen LogP contribution in [0.3, 0.4) is 0 Å². The summed E-state index contributed by atoms with van der Waals surface area (Å²) >= 11 is 0.